The summed E-state index contributed by atoms with van der Waals surface area (Å²) in [6.45, 7) is 1.06. The predicted octanol–water partition coefficient (Wildman–Crippen LogP) is 3.74. The van der Waals surface area contributed by atoms with E-state index in [0.29, 0.717) is 30.3 Å². The fourth-order valence-corrected chi connectivity index (χ4v) is 4.24. The molecule has 4 rings (SSSR count). The Bertz CT molecular complexity index is 862. The number of carbonyl (C=O) groups excluding carboxylic acids is 2. The van der Waals surface area contributed by atoms with Gasteiger partial charge in [0.15, 0.2) is 0 Å². The van der Waals surface area contributed by atoms with Gasteiger partial charge in [0.05, 0.1) is 0 Å². The summed E-state index contributed by atoms with van der Waals surface area (Å²) in [5.74, 6) is -0.371. The lowest BCUT2D eigenvalue weighted by molar-refractivity contribution is 0.0601. The van der Waals surface area contributed by atoms with E-state index in [-0.39, 0.29) is 11.8 Å². The monoisotopic (exact) mass is 365 g/mol. The summed E-state index contributed by atoms with van der Waals surface area (Å²) < 4.78 is 0. The van der Waals surface area contributed by atoms with Crippen LogP contribution in [0.25, 0.3) is 10.8 Å². The van der Waals surface area contributed by atoms with Crippen LogP contribution in [-0.2, 0) is 0 Å². The smallest absolute Gasteiger partial charge is 0.261 e. The SMILES string of the molecule is CN(C)CCN1C(=O)c2cccc3c(NC4CCCCC4)ccc(c23)C1=O. The molecule has 5 nitrogen and oxygen atoms in total. The van der Waals surface area contributed by atoms with Crippen molar-refractivity contribution in [1.82, 2.24) is 9.80 Å². The van der Waals surface area contributed by atoms with E-state index >= 15 is 0 Å². The minimum atomic E-state index is -0.185. The lowest BCUT2D eigenvalue weighted by atomic mass is 9.91. The van der Waals surface area contributed by atoms with Gasteiger partial charge in [-0.2, -0.15) is 0 Å². The van der Waals surface area contributed by atoms with Crippen molar-refractivity contribution >= 4 is 28.3 Å². The van der Waals surface area contributed by atoms with Crippen LogP contribution in [0, 0.1) is 0 Å². The molecular weight excluding hydrogens is 338 g/mol. The molecule has 0 atom stereocenters. The Hall–Kier alpha value is -2.40. The topological polar surface area (TPSA) is 52.6 Å². The Balaban J connectivity index is 1.72. The molecule has 142 valence electrons. The van der Waals surface area contributed by atoms with Crippen LogP contribution in [0.2, 0.25) is 0 Å². The van der Waals surface area contributed by atoms with Crippen molar-refractivity contribution in [1.29, 1.82) is 0 Å². The summed E-state index contributed by atoms with van der Waals surface area (Å²) >= 11 is 0. The Morgan fingerprint density at radius 1 is 1.00 bits per heavy atom. The maximum atomic E-state index is 13.0. The van der Waals surface area contributed by atoms with E-state index in [1.165, 1.54) is 37.0 Å². The lowest BCUT2D eigenvalue weighted by Gasteiger charge is -2.30. The first kappa shape index (κ1) is 18.0. The number of nitrogens with zero attached hydrogens (tertiary/aromatic N) is 2. The van der Waals surface area contributed by atoms with E-state index in [1.54, 1.807) is 0 Å². The molecule has 2 aromatic carbocycles. The molecule has 0 aromatic heterocycles. The van der Waals surface area contributed by atoms with Crippen LogP contribution in [0.3, 0.4) is 0 Å². The molecule has 1 N–H and O–H groups in total. The summed E-state index contributed by atoms with van der Waals surface area (Å²) in [6, 6.07) is 10.1. The van der Waals surface area contributed by atoms with E-state index < -0.39 is 0 Å². The quantitative estimate of drug-likeness (QED) is 0.820. The Morgan fingerprint density at radius 3 is 2.41 bits per heavy atom. The molecule has 0 bridgehead atoms. The maximum Gasteiger partial charge on any atom is 0.261 e. The zero-order chi connectivity index (χ0) is 19.0. The number of likely N-dealkylation sites (N-methyl/N-ethyl adjacent to an activating group) is 1. The highest BCUT2D eigenvalue weighted by molar-refractivity contribution is 6.26. The average molecular weight is 365 g/mol. The van der Waals surface area contributed by atoms with Gasteiger partial charge < -0.3 is 10.2 Å². The Kier molecular flexibility index (Phi) is 4.87. The second kappa shape index (κ2) is 7.31. The third-order valence-electron chi connectivity index (χ3n) is 5.73. The Morgan fingerprint density at radius 2 is 1.70 bits per heavy atom. The summed E-state index contributed by atoms with van der Waals surface area (Å²) in [6.07, 6.45) is 6.19. The van der Waals surface area contributed by atoms with Gasteiger partial charge in [0.2, 0.25) is 0 Å². The first-order valence-corrected chi connectivity index (χ1v) is 9.89. The third kappa shape index (κ3) is 3.32. The van der Waals surface area contributed by atoms with Crippen molar-refractivity contribution in [3.05, 3.63) is 41.5 Å². The molecule has 2 aliphatic rings. The van der Waals surface area contributed by atoms with Crippen molar-refractivity contribution in [3.63, 3.8) is 0 Å². The van der Waals surface area contributed by atoms with Crippen LogP contribution < -0.4 is 5.32 Å². The van der Waals surface area contributed by atoms with Crippen molar-refractivity contribution in [2.45, 2.75) is 38.1 Å². The highest BCUT2D eigenvalue weighted by Gasteiger charge is 2.33. The maximum absolute atomic E-state index is 13.0. The van der Waals surface area contributed by atoms with Crippen LogP contribution >= 0.6 is 0 Å². The fraction of sp³-hybridized carbons (Fsp3) is 0.455. The summed E-state index contributed by atoms with van der Waals surface area (Å²) in [5.41, 5.74) is 2.30. The first-order valence-electron chi connectivity index (χ1n) is 9.89. The predicted molar refractivity (Wildman–Crippen MR) is 108 cm³/mol. The number of anilines is 1. The molecule has 1 saturated carbocycles. The zero-order valence-electron chi connectivity index (χ0n) is 16.1. The number of amides is 2. The zero-order valence-corrected chi connectivity index (χ0v) is 16.1. The van der Waals surface area contributed by atoms with Gasteiger partial charge in [0.25, 0.3) is 11.8 Å². The number of carbonyl (C=O) groups is 2. The van der Waals surface area contributed by atoms with Crippen LogP contribution in [0.1, 0.15) is 52.8 Å². The van der Waals surface area contributed by atoms with Crippen LogP contribution in [0.5, 0.6) is 0 Å². The number of hydrogen-bond acceptors (Lipinski definition) is 4. The Labute approximate surface area is 160 Å². The highest BCUT2D eigenvalue weighted by Crippen LogP contribution is 2.35. The molecule has 1 heterocycles. The fourth-order valence-electron chi connectivity index (χ4n) is 4.24. The van der Waals surface area contributed by atoms with Crippen LogP contribution in [0.4, 0.5) is 5.69 Å². The van der Waals surface area contributed by atoms with Gasteiger partial charge in [-0.1, -0.05) is 31.4 Å². The molecule has 5 heteroatoms. The number of hydrogen-bond donors (Lipinski definition) is 1. The van der Waals surface area contributed by atoms with E-state index in [1.807, 2.05) is 49.3 Å². The van der Waals surface area contributed by atoms with Gasteiger partial charge in [-0.3, -0.25) is 14.5 Å². The third-order valence-corrected chi connectivity index (χ3v) is 5.73. The van der Waals surface area contributed by atoms with Crippen molar-refractivity contribution < 1.29 is 9.59 Å². The standard InChI is InChI=1S/C22H27N3O2/c1-24(2)13-14-25-21(26)17-10-6-9-16-19(23-15-7-4-3-5-8-15)12-11-18(20(16)17)22(25)27/h6,9-12,15,23H,3-5,7-8,13-14H2,1-2H3. The minimum Gasteiger partial charge on any atom is -0.382 e. The largest absolute Gasteiger partial charge is 0.382 e. The number of imide groups is 1. The minimum absolute atomic E-state index is 0.185. The van der Waals surface area contributed by atoms with E-state index in [2.05, 4.69) is 5.32 Å². The van der Waals surface area contributed by atoms with Crippen LogP contribution in [0.15, 0.2) is 30.3 Å². The molecule has 0 radical (unpaired) electrons. The second-order valence-electron chi connectivity index (χ2n) is 7.93. The van der Waals surface area contributed by atoms with Crippen LogP contribution in [-0.4, -0.2) is 54.8 Å². The van der Waals surface area contributed by atoms with E-state index in [0.717, 1.165) is 16.5 Å². The molecule has 1 aliphatic carbocycles. The highest BCUT2D eigenvalue weighted by atomic mass is 16.2. The molecule has 27 heavy (non-hydrogen) atoms. The van der Waals surface area contributed by atoms with Crippen molar-refractivity contribution in [2.75, 3.05) is 32.5 Å². The number of rotatable bonds is 5. The second-order valence-corrected chi connectivity index (χ2v) is 7.93. The lowest BCUT2D eigenvalue weighted by Crippen LogP contribution is -2.43. The summed E-state index contributed by atoms with van der Waals surface area (Å²) in [4.78, 5) is 29.3. The average Bonchev–Trinajstić information content (AvgIpc) is 2.67. The van der Waals surface area contributed by atoms with Crippen molar-refractivity contribution in [3.8, 4) is 0 Å². The summed E-state index contributed by atoms with van der Waals surface area (Å²) in [5, 5.41) is 5.44. The van der Waals surface area contributed by atoms with Gasteiger partial charge in [0, 0.05) is 46.7 Å². The van der Waals surface area contributed by atoms with Gasteiger partial charge in [-0.25, -0.2) is 0 Å². The van der Waals surface area contributed by atoms with Gasteiger partial charge in [-0.05, 0) is 45.1 Å². The molecule has 2 amide bonds. The van der Waals surface area contributed by atoms with E-state index in [9.17, 15) is 9.59 Å². The number of benzene rings is 2. The van der Waals surface area contributed by atoms with Gasteiger partial charge >= 0.3 is 0 Å². The first-order chi connectivity index (χ1) is 13.1. The molecule has 1 fully saturated rings. The van der Waals surface area contributed by atoms with Gasteiger partial charge in [-0.15, -0.1) is 0 Å². The van der Waals surface area contributed by atoms with E-state index in [4.69, 9.17) is 0 Å². The van der Waals surface area contributed by atoms with Gasteiger partial charge in [0.1, 0.15) is 0 Å². The van der Waals surface area contributed by atoms with Crippen molar-refractivity contribution in [2.24, 2.45) is 0 Å². The molecule has 0 unspecified atom stereocenters. The molecule has 0 saturated heterocycles. The molecule has 2 aromatic rings. The number of nitrogens with one attached hydrogen (secondary N) is 1. The molecule has 0 spiro atoms. The molecule has 1 aliphatic heterocycles. The molecular formula is C22H27N3O2. The summed E-state index contributed by atoms with van der Waals surface area (Å²) in [7, 11) is 3.88. The normalized spacial score (nSPS) is 17.8.